The van der Waals surface area contributed by atoms with Crippen molar-refractivity contribution in [3.05, 3.63) is 23.8 Å². The van der Waals surface area contributed by atoms with Gasteiger partial charge in [-0.25, -0.2) is 0 Å². The summed E-state index contributed by atoms with van der Waals surface area (Å²) in [6.07, 6.45) is 0.915. The van der Waals surface area contributed by atoms with Gasteiger partial charge in [0, 0.05) is 5.69 Å². The van der Waals surface area contributed by atoms with Gasteiger partial charge in [-0.15, -0.1) is 0 Å². The van der Waals surface area contributed by atoms with Gasteiger partial charge in [-0.1, -0.05) is 6.92 Å². The van der Waals surface area contributed by atoms with Crippen molar-refractivity contribution < 1.29 is 9.53 Å². The zero-order valence-electron chi connectivity index (χ0n) is 9.46. The fourth-order valence-corrected chi connectivity index (χ4v) is 1.39. The normalized spacial score (nSPS) is 9.80. The number of nitrogens with one attached hydrogen (secondary N) is 1. The van der Waals surface area contributed by atoms with Crippen LogP contribution in [0.3, 0.4) is 0 Å². The molecule has 1 N–H and O–H groups in total. The quantitative estimate of drug-likeness (QED) is 0.804. The van der Waals surface area contributed by atoms with Crippen molar-refractivity contribution in [1.29, 1.82) is 0 Å². The topological polar surface area (TPSA) is 38.3 Å². The van der Waals surface area contributed by atoms with E-state index in [1.807, 2.05) is 18.2 Å². The van der Waals surface area contributed by atoms with Crippen LogP contribution in [0.25, 0.3) is 0 Å². The number of ketones is 1. The van der Waals surface area contributed by atoms with Crippen LogP contribution in [0, 0.1) is 0 Å². The van der Waals surface area contributed by atoms with Crippen LogP contribution in [-0.2, 0) is 11.2 Å². The molecule has 0 aliphatic heterocycles. The van der Waals surface area contributed by atoms with E-state index in [-0.39, 0.29) is 5.78 Å². The van der Waals surface area contributed by atoms with Crippen molar-refractivity contribution in [2.45, 2.75) is 20.3 Å². The van der Waals surface area contributed by atoms with Gasteiger partial charge < -0.3 is 10.1 Å². The van der Waals surface area contributed by atoms with Crippen LogP contribution in [0.5, 0.6) is 5.75 Å². The van der Waals surface area contributed by atoms with Crippen molar-refractivity contribution in [2.24, 2.45) is 0 Å². The third kappa shape index (κ3) is 3.27. The molecule has 1 rings (SSSR count). The largest absolute Gasteiger partial charge is 0.496 e. The number of methoxy groups -OCH3 is 1. The van der Waals surface area contributed by atoms with Crippen molar-refractivity contribution in [3.63, 3.8) is 0 Å². The molecular weight excluding hydrogens is 190 g/mol. The Labute approximate surface area is 90.4 Å². The van der Waals surface area contributed by atoms with Crippen molar-refractivity contribution in [1.82, 2.24) is 0 Å². The van der Waals surface area contributed by atoms with E-state index in [2.05, 4.69) is 12.2 Å². The van der Waals surface area contributed by atoms with E-state index < -0.39 is 0 Å². The highest BCUT2D eigenvalue weighted by Gasteiger charge is 2.02. The maximum atomic E-state index is 10.8. The third-order valence-electron chi connectivity index (χ3n) is 2.20. The number of aryl methyl sites for hydroxylation is 1. The second kappa shape index (κ2) is 5.39. The predicted molar refractivity (Wildman–Crippen MR) is 61.5 cm³/mol. The lowest BCUT2D eigenvalue weighted by atomic mass is 10.1. The summed E-state index contributed by atoms with van der Waals surface area (Å²) in [5.74, 6) is 1.02. The molecule has 0 radical (unpaired) electrons. The molecule has 0 aliphatic carbocycles. The van der Waals surface area contributed by atoms with E-state index in [0.29, 0.717) is 6.54 Å². The molecule has 3 heteroatoms. The minimum absolute atomic E-state index is 0.129. The van der Waals surface area contributed by atoms with Gasteiger partial charge in [0.05, 0.1) is 13.7 Å². The molecule has 0 heterocycles. The zero-order valence-corrected chi connectivity index (χ0v) is 9.46. The number of ether oxygens (including phenoxy) is 1. The first-order chi connectivity index (χ1) is 7.17. The maximum Gasteiger partial charge on any atom is 0.148 e. The minimum atomic E-state index is 0.129. The lowest BCUT2D eigenvalue weighted by molar-refractivity contribution is -0.115. The molecule has 82 valence electrons. The first-order valence-electron chi connectivity index (χ1n) is 5.07. The summed E-state index contributed by atoms with van der Waals surface area (Å²) in [5.41, 5.74) is 2.11. The second-order valence-electron chi connectivity index (χ2n) is 3.44. The monoisotopic (exact) mass is 207 g/mol. The van der Waals surface area contributed by atoms with Crippen LogP contribution < -0.4 is 10.1 Å². The Kier molecular flexibility index (Phi) is 4.16. The second-order valence-corrected chi connectivity index (χ2v) is 3.44. The zero-order chi connectivity index (χ0) is 11.3. The van der Waals surface area contributed by atoms with Gasteiger partial charge in [0.1, 0.15) is 11.5 Å². The van der Waals surface area contributed by atoms with E-state index in [4.69, 9.17) is 4.74 Å². The molecule has 0 fully saturated rings. The molecule has 1 aromatic carbocycles. The molecule has 0 atom stereocenters. The Balaban J connectivity index is 2.78. The summed E-state index contributed by atoms with van der Waals surface area (Å²) in [6, 6.07) is 5.85. The lowest BCUT2D eigenvalue weighted by Gasteiger charge is -2.10. The van der Waals surface area contributed by atoms with Crippen molar-refractivity contribution >= 4 is 11.5 Å². The molecular formula is C12H17NO2. The van der Waals surface area contributed by atoms with Gasteiger partial charge in [0.25, 0.3) is 0 Å². The van der Waals surface area contributed by atoms with E-state index in [0.717, 1.165) is 23.4 Å². The molecule has 0 saturated carbocycles. The summed E-state index contributed by atoms with van der Waals surface area (Å²) < 4.78 is 5.22. The molecule has 0 aliphatic rings. The number of carbonyl (C=O) groups is 1. The number of hydrogen-bond donors (Lipinski definition) is 1. The predicted octanol–water partition coefficient (Wildman–Crippen LogP) is 2.26. The molecule has 3 nitrogen and oxygen atoms in total. The summed E-state index contributed by atoms with van der Waals surface area (Å²) in [5, 5.41) is 3.07. The van der Waals surface area contributed by atoms with Gasteiger partial charge in [0.2, 0.25) is 0 Å². The Morgan fingerprint density at radius 1 is 1.47 bits per heavy atom. The number of benzene rings is 1. The summed E-state index contributed by atoms with van der Waals surface area (Å²) in [6.45, 7) is 4.01. The average Bonchev–Trinajstić information content (AvgIpc) is 2.25. The van der Waals surface area contributed by atoms with Crippen molar-refractivity contribution in [2.75, 3.05) is 19.0 Å². The summed E-state index contributed by atoms with van der Waals surface area (Å²) >= 11 is 0. The number of hydrogen-bond acceptors (Lipinski definition) is 3. The molecule has 0 saturated heterocycles. The molecule has 15 heavy (non-hydrogen) atoms. The Morgan fingerprint density at radius 3 is 2.73 bits per heavy atom. The van der Waals surface area contributed by atoms with E-state index in [9.17, 15) is 4.79 Å². The Hall–Kier alpha value is -1.51. The van der Waals surface area contributed by atoms with Gasteiger partial charge >= 0.3 is 0 Å². The molecule has 0 bridgehead atoms. The highest BCUT2D eigenvalue weighted by atomic mass is 16.5. The fraction of sp³-hybridized carbons (Fsp3) is 0.417. The molecule has 0 spiro atoms. The van der Waals surface area contributed by atoms with E-state index >= 15 is 0 Å². The highest BCUT2D eigenvalue weighted by molar-refractivity contribution is 5.80. The number of carbonyl (C=O) groups excluding carboxylic acids is 1. The van der Waals surface area contributed by atoms with Crippen molar-refractivity contribution in [3.8, 4) is 5.75 Å². The smallest absolute Gasteiger partial charge is 0.148 e. The first-order valence-corrected chi connectivity index (χ1v) is 5.07. The number of anilines is 1. The van der Waals surface area contributed by atoms with Gasteiger partial charge in [-0.05, 0) is 37.1 Å². The molecule has 0 unspecified atom stereocenters. The molecule has 0 amide bonds. The van der Waals surface area contributed by atoms with E-state index in [1.165, 1.54) is 0 Å². The maximum absolute atomic E-state index is 10.8. The third-order valence-corrected chi connectivity index (χ3v) is 2.20. The Bertz CT molecular complexity index is 347. The van der Waals surface area contributed by atoms with Crippen LogP contribution in [0.1, 0.15) is 19.4 Å². The fourth-order valence-electron chi connectivity index (χ4n) is 1.39. The van der Waals surface area contributed by atoms with E-state index in [1.54, 1.807) is 14.0 Å². The summed E-state index contributed by atoms with van der Waals surface area (Å²) in [4.78, 5) is 10.8. The van der Waals surface area contributed by atoms with Crippen LogP contribution >= 0.6 is 0 Å². The standard InChI is InChI=1S/C12H17NO2/c1-4-10-7-11(13-8-9(2)14)5-6-12(10)15-3/h5-7,13H,4,8H2,1-3H3. The van der Waals surface area contributed by atoms with Crippen LogP contribution in [0.2, 0.25) is 0 Å². The highest BCUT2D eigenvalue weighted by Crippen LogP contribution is 2.22. The number of Topliss-reactive ketones (excluding diaryl/α,β-unsaturated/α-hetero) is 1. The first kappa shape index (κ1) is 11.6. The van der Waals surface area contributed by atoms with Crippen LogP contribution in [0.15, 0.2) is 18.2 Å². The van der Waals surface area contributed by atoms with Gasteiger partial charge in [0.15, 0.2) is 0 Å². The SMILES string of the molecule is CCc1cc(NCC(C)=O)ccc1OC. The molecule has 1 aromatic rings. The Morgan fingerprint density at radius 2 is 2.20 bits per heavy atom. The van der Waals surface area contributed by atoms with Crippen LogP contribution in [0.4, 0.5) is 5.69 Å². The van der Waals surface area contributed by atoms with Crippen LogP contribution in [-0.4, -0.2) is 19.4 Å². The lowest BCUT2D eigenvalue weighted by Crippen LogP contribution is -2.09. The van der Waals surface area contributed by atoms with Gasteiger partial charge in [-0.3, -0.25) is 4.79 Å². The number of rotatable bonds is 5. The summed E-state index contributed by atoms with van der Waals surface area (Å²) in [7, 11) is 1.66. The molecule has 0 aromatic heterocycles. The average molecular weight is 207 g/mol. The van der Waals surface area contributed by atoms with Gasteiger partial charge in [-0.2, -0.15) is 0 Å². The minimum Gasteiger partial charge on any atom is -0.496 e.